The number of hydrogen-bond acceptors (Lipinski definition) is 3. The standard InChI is InChI=1S/C23H16ClIN2O2/c1-29-17-10-6-15(7-11-17)8-13-22-26-20-12-9-16(25)14-18(20)23(28)27(22)21-5-3-2-4-19(21)24/h2-14H,1H3/b13-8+. The Bertz CT molecular complexity index is 1280. The lowest BCUT2D eigenvalue weighted by Gasteiger charge is -2.13. The van der Waals surface area contributed by atoms with E-state index in [9.17, 15) is 4.79 Å². The van der Waals surface area contributed by atoms with Crippen LogP contribution in [0.4, 0.5) is 0 Å². The lowest BCUT2D eigenvalue weighted by atomic mass is 10.2. The van der Waals surface area contributed by atoms with Crippen molar-refractivity contribution in [2.24, 2.45) is 0 Å². The van der Waals surface area contributed by atoms with Gasteiger partial charge in [-0.3, -0.25) is 9.36 Å². The van der Waals surface area contributed by atoms with Crippen molar-refractivity contribution >= 4 is 57.2 Å². The third-order valence-corrected chi connectivity index (χ3v) is 5.48. The Morgan fingerprint density at radius 2 is 1.79 bits per heavy atom. The molecule has 3 aromatic carbocycles. The smallest absolute Gasteiger partial charge is 0.266 e. The lowest BCUT2D eigenvalue weighted by molar-refractivity contribution is 0.415. The van der Waals surface area contributed by atoms with Gasteiger partial charge in [-0.2, -0.15) is 0 Å². The van der Waals surface area contributed by atoms with Crippen molar-refractivity contribution < 1.29 is 4.74 Å². The van der Waals surface area contributed by atoms with E-state index in [1.807, 2.05) is 72.8 Å². The van der Waals surface area contributed by atoms with Crippen LogP contribution in [0.1, 0.15) is 11.4 Å². The van der Waals surface area contributed by atoms with Crippen LogP contribution in [0, 0.1) is 3.57 Å². The van der Waals surface area contributed by atoms with Crippen LogP contribution in [0.25, 0.3) is 28.7 Å². The minimum absolute atomic E-state index is 0.156. The first kappa shape index (κ1) is 19.7. The highest BCUT2D eigenvalue weighted by atomic mass is 127. The van der Waals surface area contributed by atoms with Gasteiger partial charge < -0.3 is 4.74 Å². The number of rotatable bonds is 4. The molecular formula is C23H16ClIN2O2. The summed E-state index contributed by atoms with van der Waals surface area (Å²) in [5.74, 6) is 1.29. The molecule has 0 atom stereocenters. The number of halogens is 2. The second-order valence-corrected chi connectivity index (χ2v) is 7.98. The molecule has 4 aromatic rings. The number of nitrogens with zero attached hydrogens (tertiary/aromatic N) is 2. The zero-order chi connectivity index (χ0) is 20.4. The first-order chi connectivity index (χ1) is 14.1. The Kier molecular flexibility index (Phi) is 5.69. The van der Waals surface area contributed by atoms with Crippen LogP contribution in [0.2, 0.25) is 5.02 Å². The van der Waals surface area contributed by atoms with E-state index in [1.165, 1.54) is 0 Å². The van der Waals surface area contributed by atoms with Gasteiger partial charge in [-0.05, 0) is 76.7 Å². The molecule has 6 heteroatoms. The van der Waals surface area contributed by atoms with Crippen LogP contribution in [-0.4, -0.2) is 16.7 Å². The van der Waals surface area contributed by atoms with E-state index in [1.54, 1.807) is 17.7 Å². The molecule has 0 N–H and O–H groups in total. The molecule has 0 radical (unpaired) electrons. The SMILES string of the molecule is COc1ccc(/C=C/c2nc3ccc(I)cc3c(=O)n2-c2ccccc2Cl)cc1. The van der Waals surface area contributed by atoms with Crippen LogP contribution in [0.15, 0.2) is 71.5 Å². The Morgan fingerprint density at radius 1 is 1.03 bits per heavy atom. The molecule has 0 unspecified atom stereocenters. The molecule has 1 aromatic heterocycles. The minimum Gasteiger partial charge on any atom is -0.497 e. The Hall–Kier alpha value is -2.64. The maximum absolute atomic E-state index is 13.4. The van der Waals surface area contributed by atoms with E-state index >= 15 is 0 Å². The van der Waals surface area contributed by atoms with Crippen LogP contribution in [-0.2, 0) is 0 Å². The summed E-state index contributed by atoms with van der Waals surface area (Å²) in [6.45, 7) is 0. The fraction of sp³-hybridized carbons (Fsp3) is 0.0435. The third kappa shape index (κ3) is 4.06. The number of methoxy groups -OCH3 is 1. The van der Waals surface area contributed by atoms with Gasteiger partial charge in [-0.15, -0.1) is 0 Å². The highest BCUT2D eigenvalue weighted by Gasteiger charge is 2.13. The Morgan fingerprint density at radius 3 is 2.52 bits per heavy atom. The highest BCUT2D eigenvalue weighted by molar-refractivity contribution is 14.1. The van der Waals surface area contributed by atoms with Crippen LogP contribution in [0.5, 0.6) is 5.75 Å². The minimum atomic E-state index is -0.156. The molecule has 144 valence electrons. The van der Waals surface area contributed by atoms with Crippen LogP contribution >= 0.6 is 34.2 Å². The summed E-state index contributed by atoms with van der Waals surface area (Å²) in [6, 6.07) is 20.6. The fourth-order valence-electron chi connectivity index (χ4n) is 3.04. The summed E-state index contributed by atoms with van der Waals surface area (Å²) in [4.78, 5) is 18.1. The van der Waals surface area contributed by atoms with Gasteiger partial charge in [0.25, 0.3) is 5.56 Å². The number of fused-ring (bicyclic) bond motifs is 1. The van der Waals surface area contributed by atoms with Crippen molar-refractivity contribution in [2.45, 2.75) is 0 Å². The normalized spacial score (nSPS) is 11.3. The van der Waals surface area contributed by atoms with Gasteiger partial charge >= 0.3 is 0 Å². The molecule has 0 aliphatic heterocycles. The third-order valence-electron chi connectivity index (χ3n) is 4.49. The van der Waals surface area contributed by atoms with Crippen LogP contribution < -0.4 is 10.3 Å². The van der Waals surface area contributed by atoms with Crippen molar-refractivity contribution in [3.63, 3.8) is 0 Å². The van der Waals surface area contributed by atoms with Gasteiger partial charge in [0.2, 0.25) is 0 Å². The predicted octanol–water partition coefficient (Wildman–Crippen LogP) is 5.82. The first-order valence-electron chi connectivity index (χ1n) is 8.86. The van der Waals surface area contributed by atoms with Gasteiger partial charge in [0, 0.05) is 3.57 Å². The molecule has 0 aliphatic rings. The highest BCUT2D eigenvalue weighted by Crippen LogP contribution is 2.23. The summed E-state index contributed by atoms with van der Waals surface area (Å²) in [5.41, 5.74) is 2.05. The molecule has 0 saturated heterocycles. The van der Waals surface area contributed by atoms with Gasteiger partial charge in [0.05, 0.1) is 28.7 Å². The average molecular weight is 515 g/mol. The van der Waals surface area contributed by atoms with Crippen molar-refractivity contribution in [1.29, 1.82) is 0 Å². The summed E-state index contributed by atoms with van der Waals surface area (Å²) in [6.07, 6.45) is 3.73. The molecule has 29 heavy (non-hydrogen) atoms. The van der Waals surface area contributed by atoms with E-state index < -0.39 is 0 Å². The molecule has 4 nitrogen and oxygen atoms in total. The number of benzene rings is 3. The first-order valence-corrected chi connectivity index (χ1v) is 10.3. The monoisotopic (exact) mass is 514 g/mol. The lowest BCUT2D eigenvalue weighted by Crippen LogP contribution is -2.22. The van der Waals surface area contributed by atoms with E-state index in [4.69, 9.17) is 21.3 Å². The van der Waals surface area contributed by atoms with Gasteiger partial charge in [-0.25, -0.2) is 4.98 Å². The van der Waals surface area contributed by atoms with Crippen molar-refractivity contribution in [2.75, 3.05) is 7.11 Å². The summed E-state index contributed by atoms with van der Waals surface area (Å²) < 4.78 is 7.73. The zero-order valence-corrected chi connectivity index (χ0v) is 18.4. The number of aromatic nitrogens is 2. The maximum atomic E-state index is 13.4. The van der Waals surface area contributed by atoms with Crippen molar-refractivity contribution in [3.05, 3.63) is 97.1 Å². The topological polar surface area (TPSA) is 44.1 Å². The summed E-state index contributed by atoms with van der Waals surface area (Å²) >= 11 is 8.60. The Labute approximate surface area is 186 Å². The number of para-hydroxylation sites is 1. The maximum Gasteiger partial charge on any atom is 0.266 e. The second kappa shape index (κ2) is 8.39. The molecule has 1 heterocycles. The average Bonchev–Trinajstić information content (AvgIpc) is 2.74. The molecule has 4 rings (SSSR count). The summed E-state index contributed by atoms with van der Waals surface area (Å²) in [5, 5.41) is 1.04. The zero-order valence-electron chi connectivity index (χ0n) is 15.5. The Balaban J connectivity index is 1.92. The molecule has 0 fully saturated rings. The molecule has 0 aliphatic carbocycles. The fourth-order valence-corrected chi connectivity index (χ4v) is 3.75. The quantitative estimate of drug-likeness (QED) is 0.322. The van der Waals surface area contributed by atoms with Crippen LogP contribution in [0.3, 0.4) is 0 Å². The largest absolute Gasteiger partial charge is 0.497 e. The predicted molar refractivity (Wildman–Crippen MR) is 127 cm³/mol. The second-order valence-electron chi connectivity index (χ2n) is 6.33. The molecular weight excluding hydrogens is 499 g/mol. The molecule has 0 amide bonds. The summed E-state index contributed by atoms with van der Waals surface area (Å²) in [7, 11) is 1.63. The molecule has 0 saturated carbocycles. The van der Waals surface area contributed by atoms with Gasteiger partial charge in [-0.1, -0.05) is 41.9 Å². The molecule has 0 spiro atoms. The van der Waals surface area contributed by atoms with E-state index in [2.05, 4.69) is 22.6 Å². The number of hydrogen-bond donors (Lipinski definition) is 0. The molecule has 0 bridgehead atoms. The van der Waals surface area contributed by atoms with Crippen molar-refractivity contribution in [3.8, 4) is 11.4 Å². The van der Waals surface area contributed by atoms with E-state index in [0.717, 1.165) is 14.9 Å². The van der Waals surface area contributed by atoms with E-state index in [-0.39, 0.29) is 5.56 Å². The van der Waals surface area contributed by atoms with E-state index in [0.29, 0.717) is 27.4 Å². The van der Waals surface area contributed by atoms with Crippen molar-refractivity contribution in [1.82, 2.24) is 9.55 Å². The van der Waals surface area contributed by atoms with Gasteiger partial charge in [0.1, 0.15) is 11.6 Å². The number of ether oxygens (including phenoxy) is 1. The van der Waals surface area contributed by atoms with Gasteiger partial charge in [0.15, 0.2) is 0 Å².